The zero-order chi connectivity index (χ0) is 17.3. The van der Waals surface area contributed by atoms with E-state index in [0.29, 0.717) is 0 Å². The number of amides is 1. The molecule has 1 aromatic carbocycles. The Hall–Kier alpha value is -1.60. The molecule has 0 aromatic heterocycles. The largest absolute Gasteiger partial charge is 0.455 e. The maximum Gasteiger partial charge on any atom is 0.387 e. The maximum absolute atomic E-state index is 12.3. The van der Waals surface area contributed by atoms with Crippen LogP contribution in [0.4, 0.5) is 14.5 Å². The van der Waals surface area contributed by atoms with Gasteiger partial charge in [-0.1, -0.05) is 12.1 Å². The molecule has 1 saturated carbocycles. The van der Waals surface area contributed by atoms with Crippen molar-refractivity contribution in [3.63, 3.8) is 0 Å². The Morgan fingerprint density at radius 2 is 1.96 bits per heavy atom. The summed E-state index contributed by atoms with van der Waals surface area (Å²) in [5, 5.41) is 2.32. The first-order valence-electron chi connectivity index (χ1n) is 6.54. The fourth-order valence-corrected chi connectivity index (χ4v) is 2.56. The van der Waals surface area contributed by atoms with Crippen LogP contribution >= 0.6 is 23.2 Å². The number of hydrogen-bond acceptors (Lipinski definition) is 4. The number of carbonyl (C=O) groups is 2. The number of nitrogens with one attached hydrogen (secondary N) is 1. The number of anilines is 1. The molecule has 1 aliphatic rings. The van der Waals surface area contributed by atoms with E-state index in [2.05, 4.69) is 10.1 Å². The molecule has 0 spiro atoms. The SMILES string of the molecule is C[C@@]1(C(=O)OCC(=O)Nc2ccccc2OC(F)F)CC1(Cl)Cl. The summed E-state index contributed by atoms with van der Waals surface area (Å²) in [4.78, 5) is 23.6. The fourth-order valence-electron chi connectivity index (χ4n) is 1.87. The van der Waals surface area contributed by atoms with Gasteiger partial charge in [-0.05, 0) is 19.1 Å². The first-order valence-corrected chi connectivity index (χ1v) is 7.30. The predicted octanol–water partition coefficient (Wildman–Crippen LogP) is 3.35. The van der Waals surface area contributed by atoms with Crippen molar-refractivity contribution in [3.05, 3.63) is 24.3 Å². The van der Waals surface area contributed by atoms with E-state index < -0.39 is 34.8 Å². The van der Waals surface area contributed by atoms with Crippen molar-refractivity contribution in [1.29, 1.82) is 0 Å². The minimum absolute atomic E-state index is 0.0375. The molecule has 1 atom stereocenters. The van der Waals surface area contributed by atoms with E-state index in [-0.39, 0.29) is 17.9 Å². The maximum atomic E-state index is 12.3. The molecule has 2 rings (SSSR count). The third-order valence-corrected chi connectivity index (χ3v) is 4.52. The lowest BCUT2D eigenvalue weighted by molar-refractivity contribution is -0.152. The van der Waals surface area contributed by atoms with Crippen LogP contribution in [-0.2, 0) is 14.3 Å². The molecule has 1 amide bonds. The summed E-state index contributed by atoms with van der Waals surface area (Å²) in [5.41, 5.74) is -1.01. The molecule has 0 heterocycles. The van der Waals surface area contributed by atoms with Gasteiger partial charge in [-0.2, -0.15) is 8.78 Å². The third kappa shape index (κ3) is 4.03. The van der Waals surface area contributed by atoms with Crippen molar-refractivity contribution in [3.8, 4) is 5.75 Å². The molecule has 0 bridgehead atoms. The van der Waals surface area contributed by atoms with Crippen molar-refractivity contribution in [2.45, 2.75) is 24.3 Å². The lowest BCUT2D eigenvalue weighted by Crippen LogP contribution is -2.27. The molecule has 0 unspecified atom stereocenters. The Labute approximate surface area is 140 Å². The van der Waals surface area contributed by atoms with Crippen LogP contribution in [0, 0.1) is 5.41 Å². The normalized spacial score (nSPS) is 21.7. The molecule has 9 heteroatoms. The van der Waals surface area contributed by atoms with Crippen LogP contribution < -0.4 is 10.1 Å². The summed E-state index contributed by atoms with van der Waals surface area (Å²) in [5.74, 6) is -1.60. The van der Waals surface area contributed by atoms with Crippen LogP contribution in [0.5, 0.6) is 5.75 Å². The number of esters is 1. The topological polar surface area (TPSA) is 64.6 Å². The van der Waals surface area contributed by atoms with E-state index in [1.807, 2.05) is 0 Å². The number of rotatable bonds is 6. The zero-order valence-corrected chi connectivity index (χ0v) is 13.5. The van der Waals surface area contributed by atoms with Crippen molar-refractivity contribution < 1.29 is 27.8 Å². The molecule has 23 heavy (non-hydrogen) atoms. The van der Waals surface area contributed by atoms with Gasteiger partial charge in [0.05, 0.1) is 5.69 Å². The van der Waals surface area contributed by atoms with Crippen LogP contribution in [-0.4, -0.2) is 29.4 Å². The summed E-state index contributed by atoms with van der Waals surface area (Å²) in [7, 11) is 0. The number of ether oxygens (including phenoxy) is 2. The molecule has 1 aromatic rings. The Balaban J connectivity index is 1.90. The second-order valence-corrected chi connectivity index (χ2v) is 6.70. The molecule has 5 nitrogen and oxygen atoms in total. The van der Waals surface area contributed by atoms with Crippen LogP contribution in [0.3, 0.4) is 0 Å². The number of alkyl halides is 4. The van der Waals surface area contributed by atoms with Crippen LogP contribution in [0.1, 0.15) is 13.3 Å². The van der Waals surface area contributed by atoms with Gasteiger partial charge in [-0.15, -0.1) is 23.2 Å². The number of carbonyl (C=O) groups excluding carboxylic acids is 2. The van der Waals surface area contributed by atoms with Crippen molar-refractivity contribution >= 4 is 40.8 Å². The van der Waals surface area contributed by atoms with E-state index in [4.69, 9.17) is 27.9 Å². The minimum Gasteiger partial charge on any atom is -0.455 e. The molecule has 126 valence electrons. The predicted molar refractivity (Wildman–Crippen MR) is 79.8 cm³/mol. The highest BCUT2D eigenvalue weighted by Gasteiger charge is 2.69. The lowest BCUT2D eigenvalue weighted by atomic mass is 10.1. The molecule has 0 aliphatic heterocycles. The van der Waals surface area contributed by atoms with Gasteiger partial charge < -0.3 is 14.8 Å². The quantitative estimate of drug-likeness (QED) is 0.618. The summed E-state index contributed by atoms with van der Waals surface area (Å²) in [6.07, 6.45) is 0.231. The van der Waals surface area contributed by atoms with E-state index in [1.165, 1.54) is 31.2 Å². The van der Waals surface area contributed by atoms with Crippen LogP contribution in [0.2, 0.25) is 0 Å². The van der Waals surface area contributed by atoms with Gasteiger partial charge in [0.25, 0.3) is 5.91 Å². The van der Waals surface area contributed by atoms with Gasteiger partial charge in [-0.3, -0.25) is 9.59 Å². The van der Waals surface area contributed by atoms with Gasteiger partial charge in [-0.25, -0.2) is 0 Å². The highest BCUT2D eigenvalue weighted by Crippen LogP contribution is 2.64. The van der Waals surface area contributed by atoms with Crippen molar-refractivity contribution in [2.75, 3.05) is 11.9 Å². The average Bonchev–Trinajstić information content (AvgIpc) is 2.98. The van der Waals surface area contributed by atoms with Gasteiger partial charge in [0.2, 0.25) is 0 Å². The van der Waals surface area contributed by atoms with E-state index >= 15 is 0 Å². The average molecular weight is 368 g/mol. The van der Waals surface area contributed by atoms with E-state index in [9.17, 15) is 18.4 Å². The Morgan fingerprint density at radius 1 is 1.35 bits per heavy atom. The highest BCUT2D eigenvalue weighted by atomic mass is 35.5. The molecule has 1 N–H and O–H groups in total. The van der Waals surface area contributed by atoms with Gasteiger partial charge in [0.1, 0.15) is 15.5 Å². The minimum atomic E-state index is -3.03. The molecular formula is C14H13Cl2F2NO4. The number of halogens is 4. The zero-order valence-electron chi connectivity index (χ0n) is 11.9. The summed E-state index contributed by atoms with van der Waals surface area (Å²) < 4.78 is 32.5. The van der Waals surface area contributed by atoms with Gasteiger partial charge in [0, 0.05) is 6.42 Å². The van der Waals surface area contributed by atoms with Gasteiger partial charge in [0.15, 0.2) is 6.61 Å². The molecule has 1 fully saturated rings. The van der Waals surface area contributed by atoms with E-state index in [0.717, 1.165) is 0 Å². The van der Waals surface area contributed by atoms with Crippen LogP contribution in [0.25, 0.3) is 0 Å². The number of benzene rings is 1. The van der Waals surface area contributed by atoms with Crippen LogP contribution in [0.15, 0.2) is 24.3 Å². The summed E-state index contributed by atoms with van der Waals surface area (Å²) >= 11 is 11.7. The smallest absolute Gasteiger partial charge is 0.387 e. The Morgan fingerprint density at radius 3 is 2.52 bits per heavy atom. The Kier molecular flexibility index (Phi) is 5.01. The van der Waals surface area contributed by atoms with Crippen molar-refractivity contribution in [2.24, 2.45) is 5.41 Å². The van der Waals surface area contributed by atoms with E-state index in [1.54, 1.807) is 0 Å². The second kappa shape index (κ2) is 6.49. The lowest BCUT2D eigenvalue weighted by Gasteiger charge is -2.13. The molecule has 0 saturated heterocycles. The standard InChI is InChI=1S/C14H13Cl2F2NO4/c1-13(7-14(13,15)16)11(21)22-6-10(20)19-8-4-2-3-5-9(8)23-12(17)18/h2-5,12H,6-7H2,1H3,(H,19,20)/t13-/m0/s1. The first-order chi connectivity index (χ1) is 10.7. The molecule has 1 aliphatic carbocycles. The molecular weight excluding hydrogens is 355 g/mol. The van der Waals surface area contributed by atoms with Gasteiger partial charge >= 0.3 is 12.6 Å². The monoisotopic (exact) mass is 367 g/mol. The summed E-state index contributed by atoms with van der Waals surface area (Å²) in [6, 6.07) is 5.65. The fraction of sp³-hybridized carbons (Fsp3) is 0.429. The highest BCUT2D eigenvalue weighted by molar-refractivity contribution is 6.53. The first kappa shape index (κ1) is 17.7. The second-order valence-electron chi connectivity index (χ2n) is 5.21. The molecule has 0 radical (unpaired) electrons. The van der Waals surface area contributed by atoms with Crippen molar-refractivity contribution in [1.82, 2.24) is 0 Å². The number of para-hydroxylation sites is 2. The summed E-state index contributed by atoms with van der Waals surface area (Å²) in [6.45, 7) is -2.10. The third-order valence-electron chi connectivity index (χ3n) is 3.42. The number of hydrogen-bond donors (Lipinski definition) is 1. The Bertz CT molecular complexity index is 627.